The summed E-state index contributed by atoms with van der Waals surface area (Å²) in [5, 5.41) is 19.0. The molecule has 0 spiro atoms. The smallest absolute Gasteiger partial charge is 0.342 e. The van der Waals surface area contributed by atoms with E-state index in [9.17, 15) is 19.7 Å². The van der Waals surface area contributed by atoms with Gasteiger partial charge in [-0.3, -0.25) is 14.5 Å². The standard InChI is InChI=1S/C11H12NO4PS2.C6H9N3O3/c1-15-17(18,16-2)19-7-12-10(13)8-5-3-4-6-9(8)11(12)14;1-5-7-4-6(9(11)12)8(5)2-3-10/h3-6H,7H2,1-2H3;4,10H,2-3H2,1H3. The zero-order valence-corrected chi connectivity index (χ0v) is 19.5. The van der Waals surface area contributed by atoms with Crippen LogP contribution in [0.2, 0.25) is 0 Å². The molecule has 0 aliphatic carbocycles. The number of imide groups is 1. The summed E-state index contributed by atoms with van der Waals surface area (Å²) in [6.07, 6.45) is 1.19. The fraction of sp³-hybridized carbons (Fsp3) is 0.353. The summed E-state index contributed by atoms with van der Waals surface area (Å²) in [6, 6.07) is 6.75. The number of rotatable bonds is 8. The molecule has 0 fully saturated rings. The van der Waals surface area contributed by atoms with Gasteiger partial charge in [0.2, 0.25) is 5.69 Å². The van der Waals surface area contributed by atoms with E-state index in [1.54, 1.807) is 31.2 Å². The van der Waals surface area contributed by atoms with E-state index in [-0.39, 0.29) is 36.7 Å². The second kappa shape index (κ2) is 10.9. The fourth-order valence-corrected chi connectivity index (χ4v) is 5.32. The summed E-state index contributed by atoms with van der Waals surface area (Å²) in [6.45, 7) is 1.74. The quantitative estimate of drug-likeness (QED) is 0.255. The van der Waals surface area contributed by atoms with E-state index in [1.807, 2.05) is 0 Å². The molecule has 0 radical (unpaired) electrons. The van der Waals surface area contributed by atoms with Gasteiger partial charge in [-0.15, -0.1) is 0 Å². The molecule has 0 saturated carbocycles. The second-order valence-electron chi connectivity index (χ2n) is 5.95. The molecule has 168 valence electrons. The maximum atomic E-state index is 12.1. The van der Waals surface area contributed by atoms with E-state index in [0.29, 0.717) is 17.0 Å². The van der Waals surface area contributed by atoms with Crippen LogP contribution in [0.4, 0.5) is 5.82 Å². The average Bonchev–Trinajstić information content (AvgIpc) is 3.25. The van der Waals surface area contributed by atoms with Gasteiger partial charge in [0.15, 0.2) is 5.82 Å². The fourth-order valence-electron chi connectivity index (χ4n) is 2.64. The minimum Gasteiger partial charge on any atom is -0.392 e. The lowest BCUT2D eigenvalue weighted by molar-refractivity contribution is -0.392. The molecule has 1 aromatic carbocycles. The number of carbonyl (C=O) groups excluding carboxylic acids is 2. The van der Waals surface area contributed by atoms with Crippen molar-refractivity contribution in [2.75, 3.05) is 26.7 Å². The van der Waals surface area contributed by atoms with Crippen LogP contribution in [0.25, 0.3) is 0 Å². The van der Waals surface area contributed by atoms with Crippen LogP contribution < -0.4 is 0 Å². The summed E-state index contributed by atoms with van der Waals surface area (Å²) in [7, 11) is 2.92. The van der Waals surface area contributed by atoms with Crippen molar-refractivity contribution in [3.63, 3.8) is 0 Å². The number of amides is 2. The molecule has 1 aromatic heterocycles. The van der Waals surface area contributed by atoms with E-state index < -0.39 is 10.6 Å². The number of aliphatic hydroxyl groups excluding tert-OH is 1. The van der Waals surface area contributed by atoms with Crippen LogP contribution in [0.5, 0.6) is 0 Å². The third-order valence-corrected chi connectivity index (χ3v) is 9.83. The maximum absolute atomic E-state index is 12.1. The third kappa shape index (κ3) is 5.76. The van der Waals surface area contributed by atoms with E-state index in [1.165, 1.54) is 25.0 Å². The van der Waals surface area contributed by atoms with Gasteiger partial charge in [-0.1, -0.05) is 12.1 Å². The first-order valence-corrected chi connectivity index (χ1v) is 13.0. The van der Waals surface area contributed by atoms with Gasteiger partial charge in [-0.05, 0) is 40.2 Å². The topological polar surface area (TPSA) is 137 Å². The molecule has 14 heteroatoms. The lowest BCUT2D eigenvalue weighted by Gasteiger charge is -2.20. The second-order valence-corrected chi connectivity index (χ2v) is 12.4. The number of fused-ring (bicyclic) bond motifs is 1. The SMILES string of the molecule is COP(=S)(OC)SCN1C(=O)c2ccccc2C1=O.Cc1ncc([N+](=O)[O-])n1CCO. The van der Waals surface area contributed by atoms with E-state index in [2.05, 4.69) is 4.98 Å². The monoisotopic (exact) mass is 488 g/mol. The van der Waals surface area contributed by atoms with Crippen molar-refractivity contribution in [2.45, 2.75) is 13.5 Å². The Bertz CT molecular complexity index is 987. The molecule has 1 N–H and O–H groups in total. The van der Waals surface area contributed by atoms with Crippen molar-refractivity contribution in [2.24, 2.45) is 0 Å². The van der Waals surface area contributed by atoms with Gasteiger partial charge < -0.3 is 24.3 Å². The van der Waals surface area contributed by atoms with Crippen LogP contribution in [0, 0.1) is 17.0 Å². The van der Waals surface area contributed by atoms with Gasteiger partial charge in [0.05, 0.1) is 23.6 Å². The van der Waals surface area contributed by atoms with Crippen LogP contribution >= 0.6 is 17.1 Å². The normalized spacial score (nSPS) is 13.1. The van der Waals surface area contributed by atoms with Crippen LogP contribution in [0.15, 0.2) is 30.5 Å². The number of aromatic nitrogens is 2. The van der Waals surface area contributed by atoms with E-state index in [4.69, 9.17) is 26.0 Å². The Balaban J connectivity index is 0.000000245. The Morgan fingerprint density at radius 1 is 1.23 bits per heavy atom. The molecule has 0 unspecified atom stereocenters. The number of aliphatic hydroxyl groups is 1. The molecule has 2 heterocycles. The largest absolute Gasteiger partial charge is 0.392 e. The zero-order valence-electron chi connectivity index (χ0n) is 17.0. The zero-order chi connectivity index (χ0) is 23.2. The Labute approximate surface area is 187 Å². The molecule has 0 atom stereocenters. The molecule has 3 rings (SSSR count). The average molecular weight is 488 g/mol. The third-order valence-electron chi connectivity index (χ3n) is 4.22. The van der Waals surface area contributed by atoms with Crippen molar-refractivity contribution in [1.29, 1.82) is 0 Å². The van der Waals surface area contributed by atoms with Crippen molar-refractivity contribution >= 4 is 46.5 Å². The van der Waals surface area contributed by atoms with Crippen LogP contribution in [0.1, 0.15) is 26.5 Å². The minimum atomic E-state index is -2.48. The van der Waals surface area contributed by atoms with Gasteiger partial charge in [0, 0.05) is 21.1 Å². The number of benzene rings is 1. The predicted molar refractivity (Wildman–Crippen MR) is 118 cm³/mol. The Morgan fingerprint density at radius 3 is 2.23 bits per heavy atom. The highest BCUT2D eigenvalue weighted by Gasteiger charge is 2.36. The van der Waals surface area contributed by atoms with Gasteiger partial charge in [0.25, 0.3) is 11.8 Å². The molecule has 1 aliphatic rings. The van der Waals surface area contributed by atoms with Gasteiger partial charge >= 0.3 is 5.82 Å². The highest BCUT2D eigenvalue weighted by Crippen LogP contribution is 2.60. The lowest BCUT2D eigenvalue weighted by Crippen LogP contribution is -2.29. The summed E-state index contributed by atoms with van der Waals surface area (Å²) in [4.78, 5) is 39.0. The first-order valence-electron chi connectivity index (χ1n) is 8.77. The van der Waals surface area contributed by atoms with Crippen LogP contribution in [-0.4, -0.2) is 63.0 Å². The van der Waals surface area contributed by atoms with Crippen LogP contribution in [0.3, 0.4) is 0 Å². The first-order chi connectivity index (χ1) is 14.7. The predicted octanol–water partition coefficient (Wildman–Crippen LogP) is 2.58. The molecule has 11 nitrogen and oxygen atoms in total. The highest BCUT2D eigenvalue weighted by atomic mass is 32.9. The molecule has 31 heavy (non-hydrogen) atoms. The molecule has 0 saturated heterocycles. The van der Waals surface area contributed by atoms with Gasteiger partial charge in [-0.2, -0.15) is 0 Å². The number of hydrogen-bond donors (Lipinski definition) is 1. The minimum absolute atomic E-state index is 0.0819. The lowest BCUT2D eigenvalue weighted by atomic mass is 10.1. The number of nitro groups is 1. The Morgan fingerprint density at radius 2 is 1.77 bits per heavy atom. The first kappa shape index (κ1) is 25.1. The molecule has 0 bridgehead atoms. The van der Waals surface area contributed by atoms with Crippen molar-refractivity contribution < 1.29 is 28.7 Å². The molecule has 2 amide bonds. The molecular weight excluding hydrogens is 467 g/mol. The van der Waals surface area contributed by atoms with Gasteiger partial charge in [0.1, 0.15) is 12.7 Å². The number of carbonyl (C=O) groups is 2. The number of nitrogens with zero attached hydrogens (tertiary/aromatic N) is 4. The molecular formula is C17H21N4O7PS2. The summed E-state index contributed by atoms with van der Waals surface area (Å²) in [5.74, 6) is -0.0216. The van der Waals surface area contributed by atoms with Gasteiger partial charge in [-0.25, -0.2) is 9.55 Å². The number of hydrogen-bond acceptors (Lipinski definition) is 10. The Kier molecular flexibility index (Phi) is 8.86. The van der Waals surface area contributed by atoms with Crippen molar-refractivity contribution in [3.8, 4) is 0 Å². The maximum Gasteiger partial charge on any atom is 0.342 e. The summed E-state index contributed by atoms with van der Waals surface area (Å²) >= 11 is 6.35. The number of imidazole rings is 1. The molecule has 2 aromatic rings. The highest BCUT2D eigenvalue weighted by molar-refractivity contribution is 8.67. The van der Waals surface area contributed by atoms with Crippen molar-refractivity contribution in [1.82, 2.24) is 14.5 Å². The number of aryl methyl sites for hydroxylation is 1. The summed E-state index contributed by atoms with van der Waals surface area (Å²) in [5.41, 5.74) is -1.62. The van der Waals surface area contributed by atoms with E-state index in [0.717, 1.165) is 16.3 Å². The summed E-state index contributed by atoms with van der Waals surface area (Å²) < 4.78 is 11.6. The van der Waals surface area contributed by atoms with Crippen molar-refractivity contribution in [3.05, 3.63) is 57.5 Å². The molecule has 1 aliphatic heterocycles. The Hall–Kier alpha value is -2.15. The van der Waals surface area contributed by atoms with E-state index >= 15 is 0 Å². The van der Waals surface area contributed by atoms with Crippen LogP contribution in [-0.2, 0) is 27.4 Å².